The van der Waals surface area contributed by atoms with E-state index in [4.69, 9.17) is 13.8 Å². The Morgan fingerprint density at radius 3 is 2.21 bits per heavy atom. The molecule has 0 amide bonds. The summed E-state index contributed by atoms with van der Waals surface area (Å²) in [5, 5.41) is 0. The molecule has 0 saturated heterocycles. The molecule has 0 spiro atoms. The van der Waals surface area contributed by atoms with Crippen LogP contribution >= 0.6 is 7.60 Å². The van der Waals surface area contributed by atoms with Crippen LogP contribution in [0.2, 0.25) is 0 Å². The van der Waals surface area contributed by atoms with Crippen LogP contribution in [0.5, 0.6) is 5.75 Å². The number of carbonyl (C=O) groups excluding carboxylic acids is 1. The Morgan fingerprint density at radius 1 is 1.12 bits per heavy atom. The van der Waals surface area contributed by atoms with E-state index in [0.717, 1.165) is 36.1 Å². The van der Waals surface area contributed by atoms with E-state index in [1.165, 1.54) is 17.2 Å². The van der Waals surface area contributed by atoms with Crippen molar-refractivity contribution in [2.45, 2.75) is 86.0 Å². The van der Waals surface area contributed by atoms with E-state index in [1.54, 1.807) is 21.0 Å². The lowest BCUT2D eigenvalue weighted by molar-refractivity contribution is -0.112. The summed E-state index contributed by atoms with van der Waals surface area (Å²) in [6.07, 6.45) is 6.33. The van der Waals surface area contributed by atoms with Gasteiger partial charge >= 0.3 is 7.60 Å². The second-order valence-corrected chi connectivity index (χ2v) is 13.0. The minimum absolute atomic E-state index is 0.0946. The van der Waals surface area contributed by atoms with E-state index < -0.39 is 7.60 Å². The number of ether oxygens (including phenoxy) is 1. The van der Waals surface area contributed by atoms with Crippen molar-refractivity contribution in [2.75, 3.05) is 26.5 Å². The molecule has 0 radical (unpaired) electrons. The van der Waals surface area contributed by atoms with E-state index in [-0.39, 0.29) is 36.0 Å². The number of hydrogen-bond donors (Lipinski definition) is 0. The maximum Gasteiger partial charge on any atom is 0.338 e. The molecule has 6 heteroatoms. The van der Waals surface area contributed by atoms with Crippen molar-refractivity contribution in [1.29, 1.82) is 0 Å². The Balaban J connectivity index is 2.58. The van der Waals surface area contributed by atoms with Gasteiger partial charge in [-0.3, -0.25) is 9.36 Å². The molecule has 2 rings (SSSR count). The number of ketones is 1. The molecular formula is C27H43O5P. The molecule has 33 heavy (non-hydrogen) atoms. The first-order chi connectivity index (χ1) is 15.3. The lowest BCUT2D eigenvalue weighted by atomic mass is 9.66. The fourth-order valence-corrected chi connectivity index (χ4v) is 6.29. The monoisotopic (exact) mass is 478 g/mol. The molecule has 1 atom stereocenters. The van der Waals surface area contributed by atoms with Crippen LogP contribution in [0.3, 0.4) is 0 Å². The lowest BCUT2D eigenvalue weighted by Crippen LogP contribution is -2.26. The van der Waals surface area contributed by atoms with Crippen LogP contribution < -0.4 is 4.74 Å². The summed E-state index contributed by atoms with van der Waals surface area (Å²) in [7, 11) is -1.66. The Bertz CT molecular complexity index is 908. The van der Waals surface area contributed by atoms with Crippen molar-refractivity contribution < 1.29 is 23.1 Å². The minimum Gasteiger partial charge on any atom is -0.496 e. The first-order valence-corrected chi connectivity index (χ1v) is 13.8. The van der Waals surface area contributed by atoms with E-state index in [1.807, 2.05) is 6.08 Å². The summed E-state index contributed by atoms with van der Waals surface area (Å²) < 4.78 is 29.4. The highest BCUT2D eigenvalue weighted by Crippen LogP contribution is 2.51. The molecule has 1 unspecified atom stereocenters. The van der Waals surface area contributed by atoms with Gasteiger partial charge in [0.05, 0.1) is 20.3 Å². The van der Waals surface area contributed by atoms with Gasteiger partial charge in [0, 0.05) is 11.1 Å². The second kappa shape index (κ2) is 10.9. The van der Waals surface area contributed by atoms with E-state index in [0.29, 0.717) is 5.92 Å². The fraction of sp³-hybridized carbons (Fsp3) is 0.667. The third-order valence-electron chi connectivity index (χ3n) is 6.24. The Morgan fingerprint density at radius 2 is 1.73 bits per heavy atom. The highest BCUT2D eigenvalue weighted by atomic mass is 31.2. The first-order valence-electron chi connectivity index (χ1n) is 12.1. The number of rotatable bonds is 9. The standard InChI is InChI=1S/C27H43O5P/c1-10-31-33(29,32-11-2)18-20(28)16-15-19-17-23(27(6,7)8)25(30-9)24-21(19)13-12-14-22(24)26(3,4)5/h15-17,22H,10-14,18H2,1-9H3/b16-15+. The van der Waals surface area contributed by atoms with Crippen LogP contribution in [0.25, 0.3) is 6.08 Å². The Kier molecular flexibility index (Phi) is 9.18. The number of methoxy groups -OCH3 is 1. The summed E-state index contributed by atoms with van der Waals surface area (Å²) in [6.45, 7) is 17.4. The van der Waals surface area contributed by atoms with Gasteiger partial charge in [-0.25, -0.2) is 0 Å². The average molecular weight is 479 g/mol. The molecule has 1 aliphatic carbocycles. The van der Waals surface area contributed by atoms with Crippen LogP contribution in [-0.2, 0) is 30.2 Å². The molecule has 0 N–H and O–H groups in total. The lowest BCUT2D eigenvalue weighted by Gasteiger charge is -2.39. The van der Waals surface area contributed by atoms with Crippen LogP contribution in [-0.4, -0.2) is 32.3 Å². The minimum atomic E-state index is -3.42. The highest BCUT2D eigenvalue weighted by Gasteiger charge is 2.36. The summed E-state index contributed by atoms with van der Waals surface area (Å²) in [5.74, 6) is 1.10. The van der Waals surface area contributed by atoms with Gasteiger partial charge in [-0.1, -0.05) is 47.6 Å². The van der Waals surface area contributed by atoms with E-state index in [9.17, 15) is 9.36 Å². The van der Waals surface area contributed by atoms with Crippen LogP contribution in [0, 0.1) is 5.41 Å². The van der Waals surface area contributed by atoms with Crippen molar-refractivity contribution in [1.82, 2.24) is 0 Å². The van der Waals surface area contributed by atoms with Gasteiger partial charge in [0.25, 0.3) is 0 Å². The topological polar surface area (TPSA) is 61.8 Å². The average Bonchev–Trinajstić information content (AvgIpc) is 2.69. The first kappa shape index (κ1) is 27.8. The molecule has 0 fully saturated rings. The zero-order chi connectivity index (χ0) is 25.0. The van der Waals surface area contributed by atoms with Crippen LogP contribution in [0.15, 0.2) is 12.1 Å². The van der Waals surface area contributed by atoms with Crippen molar-refractivity contribution in [2.24, 2.45) is 5.41 Å². The molecule has 1 aliphatic rings. The van der Waals surface area contributed by atoms with Crippen LogP contribution in [0.1, 0.15) is 96.4 Å². The fourth-order valence-electron chi connectivity index (χ4n) is 4.76. The van der Waals surface area contributed by atoms with Crippen molar-refractivity contribution in [3.8, 4) is 5.75 Å². The quantitative estimate of drug-likeness (QED) is 0.275. The molecule has 0 bridgehead atoms. The predicted octanol–water partition coefficient (Wildman–Crippen LogP) is 7.31. The van der Waals surface area contributed by atoms with Crippen molar-refractivity contribution >= 4 is 19.5 Å². The van der Waals surface area contributed by atoms with E-state index in [2.05, 4.69) is 47.6 Å². The molecule has 0 heterocycles. The summed E-state index contributed by atoms with van der Waals surface area (Å²) in [6, 6.07) is 2.16. The molecular weight excluding hydrogens is 435 g/mol. The van der Waals surface area contributed by atoms with Crippen LogP contribution in [0.4, 0.5) is 0 Å². The second-order valence-electron chi connectivity index (χ2n) is 10.9. The molecule has 0 aliphatic heterocycles. The largest absolute Gasteiger partial charge is 0.496 e. The Labute approximate surface area is 200 Å². The summed E-state index contributed by atoms with van der Waals surface area (Å²) in [5.41, 5.74) is 4.70. The predicted molar refractivity (Wildman–Crippen MR) is 137 cm³/mol. The maximum absolute atomic E-state index is 12.8. The van der Waals surface area contributed by atoms with Crippen molar-refractivity contribution in [3.63, 3.8) is 0 Å². The number of fused-ring (bicyclic) bond motifs is 1. The zero-order valence-electron chi connectivity index (χ0n) is 22.0. The van der Waals surface area contributed by atoms with Gasteiger partial charge in [0.1, 0.15) is 11.9 Å². The van der Waals surface area contributed by atoms with Gasteiger partial charge in [-0.2, -0.15) is 0 Å². The molecule has 0 aromatic heterocycles. The normalized spacial score (nSPS) is 17.3. The molecule has 0 saturated carbocycles. The van der Waals surface area contributed by atoms with Gasteiger partial charge in [-0.15, -0.1) is 0 Å². The number of allylic oxidation sites excluding steroid dienone is 1. The van der Waals surface area contributed by atoms with E-state index >= 15 is 0 Å². The van der Waals surface area contributed by atoms with Gasteiger partial charge in [0.15, 0.2) is 5.78 Å². The molecule has 186 valence electrons. The summed E-state index contributed by atoms with van der Waals surface area (Å²) >= 11 is 0. The third kappa shape index (κ3) is 6.81. The van der Waals surface area contributed by atoms with Crippen molar-refractivity contribution in [3.05, 3.63) is 34.4 Å². The molecule has 1 aromatic carbocycles. The summed E-state index contributed by atoms with van der Waals surface area (Å²) in [4.78, 5) is 12.7. The SMILES string of the molecule is CCOP(=O)(CC(=O)/C=C/c1cc(C(C)(C)C)c(OC)c2c1CCCC2C(C)(C)C)OCC. The Hall–Kier alpha value is -1.42. The number of carbonyl (C=O) groups is 1. The highest BCUT2D eigenvalue weighted by molar-refractivity contribution is 7.54. The molecule has 5 nitrogen and oxygen atoms in total. The number of hydrogen-bond acceptors (Lipinski definition) is 5. The smallest absolute Gasteiger partial charge is 0.338 e. The zero-order valence-corrected chi connectivity index (χ0v) is 22.9. The van der Waals surface area contributed by atoms with Gasteiger partial charge < -0.3 is 13.8 Å². The number of benzene rings is 1. The molecule has 1 aromatic rings. The maximum atomic E-state index is 12.8. The van der Waals surface area contributed by atoms with Gasteiger partial charge in [0.2, 0.25) is 0 Å². The third-order valence-corrected chi connectivity index (χ3v) is 8.24. The van der Waals surface area contributed by atoms with Gasteiger partial charge in [-0.05, 0) is 73.1 Å².